The summed E-state index contributed by atoms with van der Waals surface area (Å²) >= 11 is 5.46. The van der Waals surface area contributed by atoms with E-state index in [1.54, 1.807) is 25.1 Å². The van der Waals surface area contributed by atoms with Crippen molar-refractivity contribution in [1.82, 2.24) is 10.2 Å². The molecule has 1 aliphatic heterocycles. The van der Waals surface area contributed by atoms with E-state index < -0.39 is 12.0 Å². The van der Waals surface area contributed by atoms with Crippen molar-refractivity contribution in [2.75, 3.05) is 38.0 Å². The molecule has 0 saturated heterocycles. The van der Waals surface area contributed by atoms with Crippen molar-refractivity contribution >= 4 is 40.7 Å². The number of para-hydroxylation sites is 1. The number of carbonyl (C=O) groups is 2. The lowest BCUT2D eigenvalue weighted by Crippen LogP contribution is -2.46. The highest BCUT2D eigenvalue weighted by atomic mass is 32.1. The predicted molar refractivity (Wildman–Crippen MR) is 137 cm³/mol. The zero-order chi connectivity index (χ0) is 24.7. The molecule has 2 amide bonds. The second-order valence-electron chi connectivity index (χ2n) is 7.78. The van der Waals surface area contributed by atoms with Crippen LogP contribution in [-0.2, 0) is 20.7 Å². The number of esters is 1. The fourth-order valence-corrected chi connectivity index (χ4v) is 3.93. The van der Waals surface area contributed by atoms with Crippen LogP contribution in [0.5, 0.6) is 0 Å². The topological polar surface area (TPSA) is 91.9 Å². The Morgan fingerprint density at radius 2 is 1.88 bits per heavy atom. The number of carbonyl (C=O) groups excluding carboxylic acids is 2. The summed E-state index contributed by atoms with van der Waals surface area (Å²) in [6, 6.07) is 14.1. The van der Waals surface area contributed by atoms with Crippen molar-refractivity contribution < 1.29 is 19.1 Å². The van der Waals surface area contributed by atoms with Gasteiger partial charge in [-0.1, -0.05) is 37.3 Å². The molecular weight excluding hydrogens is 452 g/mol. The van der Waals surface area contributed by atoms with Crippen LogP contribution in [0.3, 0.4) is 0 Å². The molecule has 2 aromatic carbocycles. The highest BCUT2D eigenvalue weighted by molar-refractivity contribution is 7.80. The first-order valence-corrected chi connectivity index (χ1v) is 11.4. The summed E-state index contributed by atoms with van der Waals surface area (Å²) in [6.07, 6.45) is 0.808. The molecule has 0 saturated carbocycles. The summed E-state index contributed by atoms with van der Waals surface area (Å²) in [5, 5.41) is 9.46. The summed E-state index contributed by atoms with van der Waals surface area (Å²) in [6.45, 7) is 4.32. The number of allylic oxidation sites excluding steroid dienone is 1. The molecule has 0 aromatic heterocycles. The summed E-state index contributed by atoms with van der Waals surface area (Å²) in [7, 11) is 3.34. The second kappa shape index (κ2) is 11.6. The molecule has 3 rings (SSSR count). The van der Waals surface area contributed by atoms with Crippen molar-refractivity contribution in [3.8, 4) is 0 Å². The van der Waals surface area contributed by atoms with Crippen molar-refractivity contribution in [1.29, 1.82) is 0 Å². The van der Waals surface area contributed by atoms with Crippen LogP contribution in [0.2, 0.25) is 0 Å². The van der Waals surface area contributed by atoms with Gasteiger partial charge in [-0.25, -0.2) is 9.59 Å². The van der Waals surface area contributed by atoms with Gasteiger partial charge in [0.1, 0.15) is 6.61 Å². The first-order chi connectivity index (χ1) is 16.3. The molecule has 0 radical (unpaired) electrons. The van der Waals surface area contributed by atoms with Crippen molar-refractivity contribution in [3.63, 3.8) is 0 Å². The number of rotatable bonds is 8. The molecule has 1 atom stereocenters. The molecule has 0 aliphatic carbocycles. The number of hydrogen-bond donors (Lipinski definition) is 3. The summed E-state index contributed by atoms with van der Waals surface area (Å²) in [5.74, 6) is -0.450. The predicted octanol–water partition coefficient (Wildman–Crippen LogP) is 4.22. The molecular formula is C25H30N4O4S. The standard InChI is InChI=1S/C25H30N4O4S/c1-5-17-9-6-7-12-20(17)27-24(31)26-19-11-8-10-18(15-19)22-21(23(30)33-14-13-32-4)16(2)29(3)25(34)28-22/h6-12,15,22H,5,13-14H2,1-4H3,(H,28,34)(H2,26,27,31). The monoisotopic (exact) mass is 482 g/mol. The van der Waals surface area contributed by atoms with Crippen LogP contribution in [0.4, 0.5) is 16.2 Å². The molecule has 1 heterocycles. The number of hydrogen-bond acceptors (Lipinski definition) is 5. The van der Waals surface area contributed by atoms with E-state index in [1.165, 1.54) is 0 Å². The van der Waals surface area contributed by atoms with E-state index in [-0.39, 0.29) is 12.6 Å². The zero-order valence-corrected chi connectivity index (χ0v) is 20.6. The first kappa shape index (κ1) is 25.2. The Hall–Kier alpha value is -3.43. The number of thiocarbonyl (C=S) groups is 1. The minimum absolute atomic E-state index is 0.147. The Morgan fingerprint density at radius 3 is 2.62 bits per heavy atom. The molecule has 1 aliphatic rings. The number of methoxy groups -OCH3 is 1. The molecule has 34 heavy (non-hydrogen) atoms. The third-order valence-corrected chi connectivity index (χ3v) is 6.01. The number of benzene rings is 2. The Balaban J connectivity index is 1.82. The Bertz CT molecular complexity index is 1100. The normalized spacial score (nSPS) is 15.6. The quantitative estimate of drug-likeness (QED) is 0.295. The molecule has 180 valence electrons. The number of anilines is 2. The summed E-state index contributed by atoms with van der Waals surface area (Å²) in [5.41, 5.74) is 4.31. The SMILES string of the molecule is CCc1ccccc1NC(=O)Nc1cccc(C2NC(=S)N(C)C(C)=C2C(=O)OCCOC)c1. The Kier molecular flexibility index (Phi) is 8.61. The number of urea groups is 1. The number of ether oxygens (including phenoxy) is 2. The smallest absolute Gasteiger partial charge is 0.338 e. The molecule has 8 nitrogen and oxygen atoms in total. The first-order valence-electron chi connectivity index (χ1n) is 11.0. The average molecular weight is 483 g/mol. The zero-order valence-electron chi connectivity index (χ0n) is 19.8. The van der Waals surface area contributed by atoms with E-state index in [1.807, 2.05) is 56.3 Å². The van der Waals surface area contributed by atoms with Gasteiger partial charge in [-0.05, 0) is 54.9 Å². The van der Waals surface area contributed by atoms with E-state index in [9.17, 15) is 9.59 Å². The van der Waals surface area contributed by atoms with Gasteiger partial charge in [0.15, 0.2) is 5.11 Å². The molecule has 0 bridgehead atoms. The maximum absolute atomic E-state index is 12.9. The molecule has 9 heteroatoms. The van der Waals surface area contributed by atoms with Gasteiger partial charge in [-0.15, -0.1) is 0 Å². The van der Waals surface area contributed by atoms with Crippen molar-refractivity contribution in [3.05, 3.63) is 70.9 Å². The van der Waals surface area contributed by atoms with Crippen LogP contribution in [-0.4, -0.2) is 49.4 Å². The lowest BCUT2D eigenvalue weighted by atomic mass is 9.95. The van der Waals surface area contributed by atoms with Crippen LogP contribution in [0.15, 0.2) is 59.8 Å². The van der Waals surface area contributed by atoms with Gasteiger partial charge < -0.3 is 30.3 Å². The molecule has 1 unspecified atom stereocenters. The Labute approximate surface area is 205 Å². The minimum Gasteiger partial charge on any atom is -0.460 e. The largest absolute Gasteiger partial charge is 0.460 e. The number of amides is 2. The molecule has 0 spiro atoms. The van der Waals surface area contributed by atoms with Gasteiger partial charge in [-0.2, -0.15) is 0 Å². The summed E-state index contributed by atoms with van der Waals surface area (Å²) in [4.78, 5) is 27.3. The van der Waals surface area contributed by atoms with E-state index >= 15 is 0 Å². The number of aryl methyl sites for hydroxylation is 1. The van der Waals surface area contributed by atoms with Gasteiger partial charge in [0.2, 0.25) is 0 Å². The maximum Gasteiger partial charge on any atom is 0.338 e. The number of nitrogens with zero attached hydrogens (tertiary/aromatic N) is 1. The van der Waals surface area contributed by atoms with Gasteiger partial charge >= 0.3 is 12.0 Å². The number of nitrogens with one attached hydrogen (secondary N) is 3. The lowest BCUT2D eigenvalue weighted by molar-refractivity contribution is -0.140. The van der Waals surface area contributed by atoms with Crippen LogP contribution in [0.1, 0.15) is 31.0 Å². The van der Waals surface area contributed by atoms with Crippen molar-refractivity contribution in [2.24, 2.45) is 0 Å². The van der Waals surface area contributed by atoms with Gasteiger partial charge in [0, 0.05) is 31.2 Å². The highest BCUT2D eigenvalue weighted by Gasteiger charge is 2.33. The fourth-order valence-electron chi connectivity index (χ4n) is 3.68. The van der Waals surface area contributed by atoms with Crippen LogP contribution < -0.4 is 16.0 Å². The van der Waals surface area contributed by atoms with Crippen LogP contribution in [0, 0.1) is 0 Å². The molecule has 3 N–H and O–H groups in total. The van der Waals surface area contributed by atoms with Gasteiger partial charge in [0.25, 0.3) is 0 Å². The lowest BCUT2D eigenvalue weighted by Gasteiger charge is -2.35. The minimum atomic E-state index is -0.524. The Morgan fingerprint density at radius 1 is 1.12 bits per heavy atom. The van der Waals surface area contributed by atoms with E-state index in [4.69, 9.17) is 21.7 Å². The second-order valence-corrected chi connectivity index (χ2v) is 8.17. The highest BCUT2D eigenvalue weighted by Crippen LogP contribution is 2.32. The van der Waals surface area contributed by atoms with Gasteiger partial charge in [0.05, 0.1) is 18.2 Å². The van der Waals surface area contributed by atoms with E-state index in [2.05, 4.69) is 16.0 Å². The fraction of sp³-hybridized carbons (Fsp3) is 0.320. The van der Waals surface area contributed by atoms with E-state index in [0.29, 0.717) is 28.7 Å². The van der Waals surface area contributed by atoms with Gasteiger partial charge in [-0.3, -0.25) is 0 Å². The van der Waals surface area contributed by atoms with Crippen LogP contribution in [0.25, 0.3) is 0 Å². The van der Waals surface area contributed by atoms with Crippen molar-refractivity contribution in [2.45, 2.75) is 26.3 Å². The molecule has 0 fully saturated rings. The maximum atomic E-state index is 12.9. The summed E-state index contributed by atoms with van der Waals surface area (Å²) < 4.78 is 10.4. The third-order valence-electron chi connectivity index (χ3n) is 5.62. The van der Waals surface area contributed by atoms with Crippen LogP contribution >= 0.6 is 12.2 Å². The van der Waals surface area contributed by atoms with E-state index in [0.717, 1.165) is 23.2 Å². The molecule has 2 aromatic rings. The third kappa shape index (κ3) is 5.92. The average Bonchev–Trinajstić information content (AvgIpc) is 2.82.